The molecule has 3 aliphatic carbocycles. The molecule has 70 heavy (non-hydrogen) atoms. The molecule has 15 rings (SSSR count). The highest BCUT2D eigenvalue weighted by molar-refractivity contribution is 7.26. The molecule has 0 atom stereocenters. The second-order valence-corrected chi connectivity index (χ2v) is 20.1. The summed E-state index contributed by atoms with van der Waals surface area (Å²) in [6.45, 7) is 0. The zero-order valence-corrected chi connectivity index (χ0v) is 39.0. The van der Waals surface area contributed by atoms with Gasteiger partial charge in [0.05, 0.1) is 16.5 Å². The average Bonchev–Trinajstić information content (AvgIpc) is 4.15. The average molecular weight is 906 g/mol. The molecule has 0 saturated heterocycles. The third-order valence-corrected chi connectivity index (χ3v) is 17.0. The molecule has 0 N–H and O–H groups in total. The first kappa shape index (κ1) is 39.4. The smallest absolute Gasteiger partial charge is 0.0726 e. The molecular weight excluding hydrogens is 863 g/mol. The predicted octanol–water partition coefficient (Wildman–Crippen LogP) is 17.9. The molecule has 11 aromatic carbocycles. The minimum atomic E-state index is -0.538. The number of hydrogen-bond donors (Lipinski definition) is 0. The van der Waals surface area contributed by atoms with Crippen LogP contribution in [-0.2, 0) is 10.8 Å². The van der Waals surface area contributed by atoms with Crippen LogP contribution >= 0.6 is 11.3 Å². The summed E-state index contributed by atoms with van der Waals surface area (Å²) in [5, 5.41) is 2.63. The van der Waals surface area contributed by atoms with Gasteiger partial charge in [0.25, 0.3) is 0 Å². The van der Waals surface area contributed by atoms with E-state index in [1.54, 1.807) is 0 Å². The van der Waals surface area contributed by atoms with Gasteiger partial charge in [-0.3, -0.25) is 0 Å². The van der Waals surface area contributed by atoms with Gasteiger partial charge < -0.3 is 4.90 Å². The lowest BCUT2D eigenvalue weighted by Crippen LogP contribution is -2.28. The third kappa shape index (κ3) is 5.21. The van der Waals surface area contributed by atoms with Gasteiger partial charge in [0.2, 0.25) is 0 Å². The Bertz CT molecular complexity index is 3970. The molecule has 0 radical (unpaired) electrons. The Morgan fingerprint density at radius 3 is 1.41 bits per heavy atom. The monoisotopic (exact) mass is 905 g/mol. The second kappa shape index (κ2) is 15.0. The molecule has 1 aromatic heterocycles. The first-order valence-electron chi connectivity index (χ1n) is 24.3. The molecule has 326 valence electrons. The lowest BCUT2D eigenvalue weighted by atomic mass is 9.68. The van der Waals surface area contributed by atoms with E-state index in [0.717, 1.165) is 17.1 Å². The molecule has 2 heteroatoms. The van der Waals surface area contributed by atoms with Crippen molar-refractivity contribution in [3.63, 3.8) is 0 Å². The highest BCUT2D eigenvalue weighted by Gasteiger charge is 2.52. The van der Waals surface area contributed by atoms with Crippen LogP contribution in [0, 0.1) is 0 Å². The van der Waals surface area contributed by atoms with Crippen molar-refractivity contribution < 1.29 is 0 Å². The topological polar surface area (TPSA) is 3.24 Å². The number of hydrogen-bond acceptors (Lipinski definition) is 2. The largest absolute Gasteiger partial charge is 0.310 e. The van der Waals surface area contributed by atoms with Gasteiger partial charge in [-0.15, -0.1) is 11.3 Å². The molecule has 1 nitrogen and oxygen atoms in total. The maximum Gasteiger partial charge on any atom is 0.0726 e. The van der Waals surface area contributed by atoms with Crippen LogP contribution in [0.5, 0.6) is 0 Å². The number of rotatable bonds is 6. The van der Waals surface area contributed by atoms with Crippen molar-refractivity contribution in [2.75, 3.05) is 4.90 Å². The van der Waals surface area contributed by atoms with E-state index in [9.17, 15) is 0 Å². The molecule has 0 aliphatic heterocycles. The van der Waals surface area contributed by atoms with Crippen molar-refractivity contribution in [2.45, 2.75) is 10.8 Å². The Labute approximate surface area is 411 Å². The summed E-state index contributed by atoms with van der Waals surface area (Å²) < 4.78 is 2.64. The van der Waals surface area contributed by atoms with Gasteiger partial charge in [-0.1, -0.05) is 224 Å². The molecule has 12 aromatic rings. The zero-order valence-electron chi connectivity index (χ0n) is 38.2. The maximum atomic E-state index is 2.55. The summed E-state index contributed by atoms with van der Waals surface area (Å²) in [6.07, 6.45) is 0. The lowest BCUT2D eigenvalue weighted by molar-refractivity contribution is 0.768. The quantitative estimate of drug-likeness (QED) is 0.161. The minimum Gasteiger partial charge on any atom is -0.310 e. The summed E-state index contributed by atoms with van der Waals surface area (Å²) in [4.78, 5) is 2.55. The molecular formula is C68H43NS. The fourth-order valence-electron chi connectivity index (χ4n) is 13.1. The molecule has 1 heterocycles. The van der Waals surface area contributed by atoms with Crippen LogP contribution in [0.4, 0.5) is 17.1 Å². The Morgan fingerprint density at radius 2 is 0.771 bits per heavy atom. The summed E-state index contributed by atoms with van der Waals surface area (Å²) in [6, 6.07) is 98.0. The Morgan fingerprint density at radius 1 is 0.300 bits per heavy atom. The van der Waals surface area contributed by atoms with E-state index >= 15 is 0 Å². The van der Waals surface area contributed by atoms with Crippen molar-refractivity contribution in [1.82, 2.24) is 0 Å². The van der Waals surface area contributed by atoms with E-state index in [1.807, 2.05) is 11.3 Å². The van der Waals surface area contributed by atoms with Crippen molar-refractivity contribution >= 4 is 48.6 Å². The van der Waals surface area contributed by atoms with Crippen LogP contribution < -0.4 is 4.90 Å². The molecule has 0 unspecified atom stereocenters. The van der Waals surface area contributed by atoms with Gasteiger partial charge in [0.1, 0.15) is 0 Å². The Hall–Kier alpha value is -8.56. The number of benzene rings is 11. The number of anilines is 3. The SMILES string of the molecule is c1ccc(C2(c3ccccc3)c3ccccc3-c3c(N(c4ccc(-c5cccc6c5sc5ccccc56)cc4)c4ccc5c(c4)C4(c6ccccc6-c6ccccc64)c4ccccc4-5)cccc32)cc1. The molecule has 3 aliphatic rings. The van der Waals surface area contributed by atoms with Gasteiger partial charge in [-0.05, 0) is 120 Å². The molecule has 0 amide bonds. The van der Waals surface area contributed by atoms with Crippen molar-refractivity contribution in [2.24, 2.45) is 0 Å². The van der Waals surface area contributed by atoms with Gasteiger partial charge in [0.15, 0.2) is 0 Å². The maximum absolute atomic E-state index is 2.55. The number of thiophene rings is 1. The normalized spacial score (nSPS) is 13.9. The first-order valence-corrected chi connectivity index (χ1v) is 25.2. The van der Waals surface area contributed by atoms with Gasteiger partial charge >= 0.3 is 0 Å². The van der Waals surface area contributed by atoms with Crippen LogP contribution in [0.2, 0.25) is 0 Å². The second-order valence-electron chi connectivity index (χ2n) is 19.0. The van der Waals surface area contributed by atoms with Gasteiger partial charge in [-0.2, -0.15) is 0 Å². The molecule has 1 spiro atoms. The lowest BCUT2D eigenvalue weighted by Gasteiger charge is -2.35. The van der Waals surface area contributed by atoms with E-state index in [1.165, 1.54) is 109 Å². The molecule has 0 bridgehead atoms. The number of fused-ring (bicyclic) bond motifs is 16. The van der Waals surface area contributed by atoms with E-state index in [-0.39, 0.29) is 0 Å². The van der Waals surface area contributed by atoms with Gasteiger partial charge in [-0.25, -0.2) is 0 Å². The standard InChI is InChI=1S/C68H43NS/c1-3-19-45(20-4-1)67(46-21-5-2-6-22-46)60-33-15-10-27-56(60)65-61(67)34-18-35-63(65)69(47-39-37-44(38-40-47)49-28-17-29-55-54-26-11-16-36-64(54)70-66(49)55)48-41-42-53-52-25-9-14-32-59(52)68(62(53)43-48)57-30-12-7-23-50(57)51-24-8-13-31-58(51)68/h1-43H. The highest BCUT2D eigenvalue weighted by atomic mass is 32.1. The van der Waals surface area contributed by atoms with E-state index in [0.29, 0.717) is 0 Å². The van der Waals surface area contributed by atoms with Crippen molar-refractivity contribution in [1.29, 1.82) is 0 Å². The number of nitrogens with zero attached hydrogens (tertiary/aromatic N) is 1. The third-order valence-electron chi connectivity index (χ3n) is 15.8. The van der Waals surface area contributed by atoms with Crippen LogP contribution in [0.15, 0.2) is 261 Å². The van der Waals surface area contributed by atoms with Crippen LogP contribution in [0.25, 0.3) is 64.7 Å². The van der Waals surface area contributed by atoms with Crippen LogP contribution in [0.1, 0.15) is 44.5 Å². The Kier molecular flexibility index (Phi) is 8.43. The summed E-state index contributed by atoms with van der Waals surface area (Å²) in [5.41, 5.74) is 23.0. The molecule has 0 saturated carbocycles. The summed E-state index contributed by atoms with van der Waals surface area (Å²) in [7, 11) is 0. The molecule has 0 fully saturated rings. The predicted molar refractivity (Wildman–Crippen MR) is 293 cm³/mol. The van der Waals surface area contributed by atoms with E-state index in [2.05, 4.69) is 266 Å². The minimum absolute atomic E-state index is 0.478. The van der Waals surface area contributed by atoms with E-state index in [4.69, 9.17) is 0 Å². The highest BCUT2D eigenvalue weighted by Crippen LogP contribution is 2.64. The Balaban J connectivity index is 1.00. The van der Waals surface area contributed by atoms with Crippen LogP contribution in [-0.4, -0.2) is 0 Å². The summed E-state index contributed by atoms with van der Waals surface area (Å²) in [5.74, 6) is 0. The first-order chi connectivity index (χ1) is 34.7. The van der Waals surface area contributed by atoms with E-state index < -0.39 is 10.8 Å². The zero-order chi connectivity index (χ0) is 46.0. The summed E-state index contributed by atoms with van der Waals surface area (Å²) >= 11 is 1.89. The van der Waals surface area contributed by atoms with Crippen molar-refractivity contribution in [3.05, 3.63) is 305 Å². The van der Waals surface area contributed by atoms with Crippen molar-refractivity contribution in [3.8, 4) is 44.5 Å². The van der Waals surface area contributed by atoms with Crippen LogP contribution in [0.3, 0.4) is 0 Å². The fraction of sp³-hybridized carbons (Fsp3) is 0.0294. The van der Waals surface area contributed by atoms with Gasteiger partial charge in [0, 0.05) is 37.1 Å². The fourth-order valence-corrected chi connectivity index (χ4v) is 14.3.